The lowest BCUT2D eigenvalue weighted by atomic mass is 10.00. The molecule has 0 atom stereocenters. The fraction of sp³-hybridized carbons (Fsp3) is 0.909. The van der Waals surface area contributed by atoms with Gasteiger partial charge < -0.3 is 5.32 Å². The molecule has 1 aliphatic carbocycles. The molecule has 0 aromatic heterocycles. The molecule has 0 radical (unpaired) electrons. The van der Waals surface area contributed by atoms with Crippen LogP contribution in [0, 0.1) is 5.92 Å². The highest BCUT2D eigenvalue weighted by molar-refractivity contribution is 5.76. The maximum atomic E-state index is 11.5. The summed E-state index contributed by atoms with van der Waals surface area (Å²) in [5.74, 6) is 0.685. The summed E-state index contributed by atoms with van der Waals surface area (Å²) >= 11 is 0. The Hall–Kier alpha value is -0.530. The third-order valence-electron chi connectivity index (χ3n) is 2.74. The Kier molecular flexibility index (Phi) is 3.34. The Labute approximate surface area is 81.1 Å². The molecule has 1 saturated carbocycles. The number of amides is 1. The lowest BCUT2D eigenvalue weighted by Gasteiger charge is -2.25. The number of hydrogen-bond acceptors (Lipinski definition) is 1. The molecule has 2 nitrogen and oxygen atoms in total. The predicted molar refractivity (Wildman–Crippen MR) is 54.5 cm³/mol. The first-order valence-electron chi connectivity index (χ1n) is 5.33. The molecule has 0 bridgehead atoms. The SMILES string of the molecule is CC(C)CC(=O)NC1(C)CCCC1. The van der Waals surface area contributed by atoms with Gasteiger partial charge in [0.15, 0.2) is 0 Å². The fourth-order valence-electron chi connectivity index (χ4n) is 2.04. The monoisotopic (exact) mass is 183 g/mol. The number of rotatable bonds is 3. The molecule has 0 aromatic rings. The van der Waals surface area contributed by atoms with E-state index in [0.717, 1.165) is 12.8 Å². The minimum absolute atomic E-state index is 0.103. The van der Waals surface area contributed by atoms with Crippen LogP contribution < -0.4 is 5.32 Å². The summed E-state index contributed by atoms with van der Waals surface area (Å²) in [7, 11) is 0. The van der Waals surface area contributed by atoms with Crippen molar-refractivity contribution in [3.8, 4) is 0 Å². The number of carbonyl (C=O) groups is 1. The van der Waals surface area contributed by atoms with Gasteiger partial charge in [-0.2, -0.15) is 0 Å². The molecular weight excluding hydrogens is 162 g/mol. The minimum Gasteiger partial charge on any atom is -0.351 e. The maximum Gasteiger partial charge on any atom is 0.220 e. The van der Waals surface area contributed by atoms with Crippen molar-refractivity contribution in [3.05, 3.63) is 0 Å². The van der Waals surface area contributed by atoms with E-state index in [9.17, 15) is 4.79 Å². The summed E-state index contributed by atoms with van der Waals surface area (Å²) in [6, 6.07) is 0. The van der Waals surface area contributed by atoms with Gasteiger partial charge >= 0.3 is 0 Å². The van der Waals surface area contributed by atoms with Crippen molar-refractivity contribution in [2.24, 2.45) is 5.92 Å². The quantitative estimate of drug-likeness (QED) is 0.715. The molecule has 2 heteroatoms. The second kappa shape index (κ2) is 4.12. The van der Waals surface area contributed by atoms with Crippen molar-refractivity contribution in [2.75, 3.05) is 0 Å². The molecule has 1 N–H and O–H groups in total. The van der Waals surface area contributed by atoms with Crippen LogP contribution in [0.3, 0.4) is 0 Å². The Morgan fingerprint density at radius 1 is 1.38 bits per heavy atom. The average molecular weight is 183 g/mol. The Morgan fingerprint density at radius 2 is 1.92 bits per heavy atom. The van der Waals surface area contributed by atoms with Crippen LogP contribution in [0.25, 0.3) is 0 Å². The van der Waals surface area contributed by atoms with E-state index in [1.165, 1.54) is 12.8 Å². The molecule has 1 aliphatic rings. The molecular formula is C11H21NO. The van der Waals surface area contributed by atoms with Crippen LogP contribution in [0.1, 0.15) is 52.9 Å². The smallest absolute Gasteiger partial charge is 0.220 e. The topological polar surface area (TPSA) is 29.1 Å². The van der Waals surface area contributed by atoms with Crippen LogP contribution in [-0.4, -0.2) is 11.4 Å². The van der Waals surface area contributed by atoms with Gasteiger partial charge in [0.2, 0.25) is 5.91 Å². The largest absolute Gasteiger partial charge is 0.351 e. The number of nitrogens with one attached hydrogen (secondary N) is 1. The van der Waals surface area contributed by atoms with E-state index in [1.807, 2.05) is 0 Å². The second-order valence-electron chi connectivity index (χ2n) is 4.91. The normalized spacial score (nSPS) is 20.6. The molecule has 0 aliphatic heterocycles. The van der Waals surface area contributed by atoms with Crippen LogP contribution in [0.4, 0.5) is 0 Å². The van der Waals surface area contributed by atoms with E-state index in [0.29, 0.717) is 12.3 Å². The van der Waals surface area contributed by atoms with E-state index in [1.54, 1.807) is 0 Å². The van der Waals surface area contributed by atoms with Gasteiger partial charge in [-0.15, -0.1) is 0 Å². The van der Waals surface area contributed by atoms with E-state index in [2.05, 4.69) is 26.1 Å². The third-order valence-corrected chi connectivity index (χ3v) is 2.74. The highest BCUT2D eigenvalue weighted by Crippen LogP contribution is 2.28. The lowest BCUT2D eigenvalue weighted by Crippen LogP contribution is -2.43. The average Bonchev–Trinajstić information content (AvgIpc) is 2.33. The lowest BCUT2D eigenvalue weighted by molar-refractivity contribution is -0.123. The van der Waals surface area contributed by atoms with Crippen LogP contribution in [-0.2, 0) is 4.79 Å². The predicted octanol–water partition coefficient (Wildman–Crippen LogP) is 2.48. The molecule has 0 heterocycles. The van der Waals surface area contributed by atoms with Crippen LogP contribution in [0.15, 0.2) is 0 Å². The second-order valence-corrected chi connectivity index (χ2v) is 4.91. The Bertz CT molecular complexity index is 181. The fourth-order valence-corrected chi connectivity index (χ4v) is 2.04. The first-order chi connectivity index (χ1) is 6.02. The van der Waals surface area contributed by atoms with Gasteiger partial charge in [-0.25, -0.2) is 0 Å². The highest BCUT2D eigenvalue weighted by atomic mass is 16.1. The summed E-state index contributed by atoms with van der Waals surface area (Å²) in [6.07, 6.45) is 5.49. The molecule has 76 valence electrons. The summed E-state index contributed by atoms with van der Waals surface area (Å²) in [4.78, 5) is 11.5. The van der Waals surface area contributed by atoms with Gasteiger partial charge in [-0.05, 0) is 25.7 Å². The van der Waals surface area contributed by atoms with Gasteiger partial charge in [-0.1, -0.05) is 26.7 Å². The summed E-state index contributed by atoms with van der Waals surface area (Å²) in [5.41, 5.74) is 0.103. The van der Waals surface area contributed by atoms with E-state index >= 15 is 0 Å². The molecule has 0 aromatic carbocycles. The van der Waals surface area contributed by atoms with Crippen molar-refractivity contribution >= 4 is 5.91 Å². The number of carbonyl (C=O) groups excluding carboxylic acids is 1. The van der Waals surface area contributed by atoms with Gasteiger partial charge in [0, 0.05) is 12.0 Å². The summed E-state index contributed by atoms with van der Waals surface area (Å²) in [6.45, 7) is 6.32. The molecule has 0 saturated heterocycles. The van der Waals surface area contributed by atoms with Gasteiger partial charge in [0.05, 0.1) is 0 Å². The summed E-state index contributed by atoms with van der Waals surface area (Å²) in [5, 5.41) is 3.15. The standard InChI is InChI=1S/C11H21NO/c1-9(2)8-10(13)12-11(3)6-4-5-7-11/h9H,4-8H2,1-3H3,(H,12,13). The molecule has 1 amide bonds. The van der Waals surface area contributed by atoms with Crippen molar-refractivity contribution < 1.29 is 4.79 Å². The zero-order valence-electron chi connectivity index (χ0n) is 9.02. The molecule has 1 rings (SSSR count). The van der Waals surface area contributed by atoms with E-state index in [4.69, 9.17) is 0 Å². The maximum absolute atomic E-state index is 11.5. The summed E-state index contributed by atoms with van der Waals surface area (Å²) < 4.78 is 0. The minimum atomic E-state index is 0.103. The Morgan fingerprint density at radius 3 is 2.38 bits per heavy atom. The highest BCUT2D eigenvalue weighted by Gasteiger charge is 2.29. The van der Waals surface area contributed by atoms with Gasteiger partial charge in [-0.3, -0.25) is 4.79 Å². The van der Waals surface area contributed by atoms with Crippen LogP contribution in [0.2, 0.25) is 0 Å². The molecule has 0 spiro atoms. The Balaban J connectivity index is 2.34. The van der Waals surface area contributed by atoms with Crippen molar-refractivity contribution in [1.82, 2.24) is 5.32 Å². The van der Waals surface area contributed by atoms with Gasteiger partial charge in [0.1, 0.15) is 0 Å². The van der Waals surface area contributed by atoms with Crippen molar-refractivity contribution in [3.63, 3.8) is 0 Å². The molecule has 13 heavy (non-hydrogen) atoms. The molecule has 1 fully saturated rings. The molecule has 0 unspecified atom stereocenters. The first kappa shape index (κ1) is 10.6. The zero-order valence-corrected chi connectivity index (χ0v) is 9.02. The van der Waals surface area contributed by atoms with Crippen LogP contribution in [0.5, 0.6) is 0 Å². The van der Waals surface area contributed by atoms with Crippen molar-refractivity contribution in [1.29, 1.82) is 0 Å². The third kappa shape index (κ3) is 3.37. The number of hydrogen-bond donors (Lipinski definition) is 1. The van der Waals surface area contributed by atoms with Crippen molar-refractivity contribution in [2.45, 2.75) is 58.4 Å². The first-order valence-corrected chi connectivity index (χ1v) is 5.33. The van der Waals surface area contributed by atoms with E-state index < -0.39 is 0 Å². The van der Waals surface area contributed by atoms with Gasteiger partial charge in [0.25, 0.3) is 0 Å². The zero-order chi connectivity index (χ0) is 9.90. The van der Waals surface area contributed by atoms with E-state index in [-0.39, 0.29) is 11.4 Å². The van der Waals surface area contributed by atoms with Crippen LogP contribution >= 0.6 is 0 Å².